The summed E-state index contributed by atoms with van der Waals surface area (Å²) in [6, 6.07) is 0. The van der Waals surface area contributed by atoms with Crippen LogP contribution < -0.4 is 10.1 Å². The van der Waals surface area contributed by atoms with Gasteiger partial charge in [0.25, 0.3) is 0 Å². The summed E-state index contributed by atoms with van der Waals surface area (Å²) in [7, 11) is 0. The maximum Gasteiger partial charge on any atom is 0.231 e. The van der Waals surface area contributed by atoms with Crippen molar-refractivity contribution in [2.24, 2.45) is 0 Å². The van der Waals surface area contributed by atoms with E-state index in [1.165, 1.54) is 0 Å². The first-order valence-electron chi connectivity index (χ1n) is 6.17. The standard InChI is InChI=1S/C13H17N5O/c1-5-7-14-12-16-10-9(8-15-18-10)11(17-12)19-13(3,4)6-2/h2,8H,5,7H2,1,3-4H3,(H2,14,15,16,17,18). The van der Waals surface area contributed by atoms with Crippen LogP contribution in [0.5, 0.6) is 5.88 Å². The molecule has 0 radical (unpaired) electrons. The Balaban J connectivity index is 2.40. The Hall–Kier alpha value is -2.29. The highest BCUT2D eigenvalue weighted by Crippen LogP contribution is 2.25. The van der Waals surface area contributed by atoms with Crippen molar-refractivity contribution in [3.05, 3.63) is 6.20 Å². The molecule has 2 heterocycles. The van der Waals surface area contributed by atoms with E-state index in [9.17, 15) is 0 Å². The predicted octanol–water partition coefficient (Wildman–Crippen LogP) is 1.97. The molecule has 19 heavy (non-hydrogen) atoms. The zero-order valence-corrected chi connectivity index (χ0v) is 11.3. The van der Waals surface area contributed by atoms with Gasteiger partial charge in [0.1, 0.15) is 5.39 Å². The van der Waals surface area contributed by atoms with Crippen molar-refractivity contribution in [2.75, 3.05) is 11.9 Å². The molecule has 0 fully saturated rings. The number of hydrogen-bond acceptors (Lipinski definition) is 5. The molecule has 2 rings (SSSR count). The van der Waals surface area contributed by atoms with Crippen molar-refractivity contribution in [2.45, 2.75) is 32.8 Å². The lowest BCUT2D eigenvalue weighted by Crippen LogP contribution is -2.26. The smallest absolute Gasteiger partial charge is 0.231 e. The lowest BCUT2D eigenvalue weighted by atomic mass is 10.1. The molecule has 2 aromatic heterocycles. The van der Waals surface area contributed by atoms with Crippen molar-refractivity contribution >= 4 is 17.0 Å². The van der Waals surface area contributed by atoms with E-state index < -0.39 is 5.60 Å². The molecule has 100 valence electrons. The normalized spacial score (nSPS) is 11.3. The molecule has 6 nitrogen and oxygen atoms in total. The second-order valence-electron chi connectivity index (χ2n) is 4.67. The Morgan fingerprint density at radius 3 is 2.95 bits per heavy atom. The monoisotopic (exact) mass is 259 g/mol. The molecule has 2 aromatic rings. The summed E-state index contributed by atoms with van der Waals surface area (Å²) in [5, 5.41) is 10.6. The molecule has 0 aliphatic rings. The minimum absolute atomic E-state index is 0.431. The highest BCUT2D eigenvalue weighted by Gasteiger charge is 2.20. The zero-order chi connectivity index (χ0) is 13.9. The molecule has 0 spiro atoms. The first-order valence-corrected chi connectivity index (χ1v) is 6.17. The number of nitrogens with one attached hydrogen (secondary N) is 2. The van der Waals surface area contributed by atoms with E-state index in [1.807, 2.05) is 0 Å². The van der Waals surface area contributed by atoms with Gasteiger partial charge < -0.3 is 10.1 Å². The number of terminal acetylenes is 1. The van der Waals surface area contributed by atoms with Crippen molar-refractivity contribution in [1.82, 2.24) is 20.2 Å². The van der Waals surface area contributed by atoms with Crippen LogP contribution in [-0.2, 0) is 0 Å². The van der Waals surface area contributed by atoms with Crippen LogP contribution in [0.15, 0.2) is 6.20 Å². The fourth-order valence-electron chi connectivity index (χ4n) is 1.47. The Bertz CT molecular complexity index is 611. The van der Waals surface area contributed by atoms with Crippen LogP contribution in [0, 0.1) is 12.3 Å². The molecule has 6 heteroatoms. The van der Waals surface area contributed by atoms with Crippen LogP contribution >= 0.6 is 0 Å². The number of aromatic amines is 1. The minimum Gasteiger partial charge on any atom is -0.458 e. The number of hydrogen-bond donors (Lipinski definition) is 2. The van der Waals surface area contributed by atoms with E-state index in [0.29, 0.717) is 22.9 Å². The van der Waals surface area contributed by atoms with Crippen LogP contribution in [0.25, 0.3) is 11.0 Å². The maximum absolute atomic E-state index is 5.76. The van der Waals surface area contributed by atoms with Crippen LogP contribution in [-0.4, -0.2) is 32.3 Å². The average molecular weight is 259 g/mol. The summed E-state index contributed by atoms with van der Waals surface area (Å²) in [4.78, 5) is 8.66. The third-order valence-corrected chi connectivity index (χ3v) is 2.51. The summed E-state index contributed by atoms with van der Waals surface area (Å²) < 4.78 is 5.76. The molecule has 2 N–H and O–H groups in total. The molecule has 0 aliphatic heterocycles. The molecule has 0 aliphatic carbocycles. The quantitative estimate of drug-likeness (QED) is 0.803. The molecule has 0 unspecified atom stereocenters. The molecule has 0 amide bonds. The minimum atomic E-state index is -0.736. The number of fused-ring (bicyclic) bond motifs is 1. The number of rotatable bonds is 5. The summed E-state index contributed by atoms with van der Waals surface area (Å²) in [6.07, 6.45) is 8.04. The fraction of sp³-hybridized carbons (Fsp3) is 0.462. The molecular formula is C13H17N5O. The largest absolute Gasteiger partial charge is 0.458 e. The van der Waals surface area contributed by atoms with Gasteiger partial charge in [-0.3, -0.25) is 5.10 Å². The highest BCUT2D eigenvalue weighted by molar-refractivity contribution is 5.80. The van der Waals surface area contributed by atoms with Crippen LogP contribution in [0.2, 0.25) is 0 Å². The van der Waals surface area contributed by atoms with Crippen LogP contribution in [0.4, 0.5) is 5.95 Å². The van der Waals surface area contributed by atoms with Gasteiger partial charge in [0.05, 0.1) is 6.20 Å². The van der Waals surface area contributed by atoms with E-state index in [2.05, 4.69) is 38.3 Å². The summed E-state index contributed by atoms with van der Waals surface area (Å²) in [6.45, 7) is 6.47. The SMILES string of the molecule is C#CC(C)(C)Oc1nc(NCCC)nc2[nH]ncc12. The summed E-state index contributed by atoms with van der Waals surface area (Å²) >= 11 is 0. The number of H-pyrrole nitrogens is 1. The highest BCUT2D eigenvalue weighted by atomic mass is 16.5. The van der Waals surface area contributed by atoms with Crippen molar-refractivity contribution in [3.8, 4) is 18.2 Å². The third-order valence-electron chi connectivity index (χ3n) is 2.51. The molecule has 0 bridgehead atoms. The third kappa shape index (κ3) is 2.94. The van der Waals surface area contributed by atoms with Gasteiger partial charge in [-0.25, -0.2) is 0 Å². The second kappa shape index (κ2) is 5.14. The molecule has 0 aromatic carbocycles. The average Bonchev–Trinajstić information content (AvgIpc) is 2.84. The first kappa shape index (κ1) is 13.1. The van der Waals surface area contributed by atoms with Crippen molar-refractivity contribution in [1.29, 1.82) is 0 Å². The first-order chi connectivity index (χ1) is 9.05. The van der Waals surface area contributed by atoms with Gasteiger partial charge in [-0.1, -0.05) is 12.8 Å². The van der Waals surface area contributed by atoms with Gasteiger partial charge in [-0.2, -0.15) is 15.1 Å². The Kier molecular flexibility index (Phi) is 3.56. The van der Waals surface area contributed by atoms with E-state index >= 15 is 0 Å². The molecule has 0 saturated heterocycles. The molecular weight excluding hydrogens is 242 g/mol. The summed E-state index contributed by atoms with van der Waals surface area (Å²) in [5.41, 5.74) is -0.114. The van der Waals surface area contributed by atoms with Gasteiger partial charge in [-0.05, 0) is 20.3 Å². The lowest BCUT2D eigenvalue weighted by molar-refractivity contribution is 0.167. The molecule has 0 atom stereocenters. The van der Waals surface area contributed by atoms with Gasteiger partial charge >= 0.3 is 0 Å². The number of nitrogens with zero attached hydrogens (tertiary/aromatic N) is 3. The van der Waals surface area contributed by atoms with Gasteiger partial charge in [-0.15, -0.1) is 6.42 Å². The lowest BCUT2D eigenvalue weighted by Gasteiger charge is -2.19. The molecule has 0 saturated carbocycles. The van der Waals surface area contributed by atoms with E-state index in [4.69, 9.17) is 11.2 Å². The van der Waals surface area contributed by atoms with Crippen molar-refractivity contribution < 1.29 is 4.74 Å². The van der Waals surface area contributed by atoms with Crippen LogP contribution in [0.3, 0.4) is 0 Å². The van der Waals surface area contributed by atoms with E-state index in [-0.39, 0.29) is 0 Å². The van der Waals surface area contributed by atoms with E-state index in [0.717, 1.165) is 13.0 Å². The van der Waals surface area contributed by atoms with Gasteiger partial charge in [0, 0.05) is 6.54 Å². The Morgan fingerprint density at radius 1 is 1.47 bits per heavy atom. The number of aromatic nitrogens is 4. The topological polar surface area (TPSA) is 75.7 Å². The van der Waals surface area contributed by atoms with Crippen LogP contribution in [0.1, 0.15) is 27.2 Å². The zero-order valence-electron chi connectivity index (χ0n) is 11.3. The Morgan fingerprint density at radius 2 is 2.26 bits per heavy atom. The van der Waals surface area contributed by atoms with Gasteiger partial charge in [0.15, 0.2) is 11.2 Å². The van der Waals surface area contributed by atoms with Gasteiger partial charge in [0.2, 0.25) is 11.8 Å². The van der Waals surface area contributed by atoms with Crippen molar-refractivity contribution in [3.63, 3.8) is 0 Å². The second-order valence-corrected chi connectivity index (χ2v) is 4.67. The maximum atomic E-state index is 5.76. The van der Waals surface area contributed by atoms with E-state index in [1.54, 1.807) is 20.0 Å². The summed E-state index contributed by atoms with van der Waals surface area (Å²) in [5.74, 6) is 3.51. The predicted molar refractivity (Wildman–Crippen MR) is 74.0 cm³/mol. The number of ether oxygens (including phenoxy) is 1. The Labute approximate surface area is 112 Å². The number of anilines is 1. The fourth-order valence-corrected chi connectivity index (χ4v) is 1.47.